The summed E-state index contributed by atoms with van der Waals surface area (Å²) in [6, 6.07) is 0. The highest BCUT2D eigenvalue weighted by molar-refractivity contribution is 5.82. The Morgan fingerprint density at radius 2 is 1.78 bits per heavy atom. The van der Waals surface area contributed by atoms with Gasteiger partial charge >= 0.3 is 11.9 Å². The van der Waals surface area contributed by atoms with Crippen molar-refractivity contribution in [2.45, 2.75) is 71.6 Å². The average Bonchev–Trinajstić information content (AvgIpc) is 2.53. The molecule has 2 aliphatic carbocycles. The Kier molecular flexibility index (Phi) is 5.53. The van der Waals surface area contributed by atoms with E-state index in [0.717, 1.165) is 44.9 Å². The lowest BCUT2D eigenvalue weighted by Crippen LogP contribution is -2.54. The first-order valence-corrected chi connectivity index (χ1v) is 9.04. The van der Waals surface area contributed by atoms with Crippen LogP contribution in [-0.2, 0) is 9.59 Å². The van der Waals surface area contributed by atoms with Crippen LogP contribution in [0.3, 0.4) is 0 Å². The van der Waals surface area contributed by atoms with Crippen LogP contribution in [0.25, 0.3) is 0 Å². The molecule has 0 aromatic carbocycles. The van der Waals surface area contributed by atoms with E-state index in [9.17, 15) is 19.8 Å². The zero-order chi connectivity index (χ0) is 17.1. The molecule has 1 saturated carbocycles. The van der Waals surface area contributed by atoms with E-state index in [4.69, 9.17) is 0 Å². The van der Waals surface area contributed by atoms with Gasteiger partial charge in [-0.1, -0.05) is 51.2 Å². The third-order valence-corrected chi connectivity index (χ3v) is 6.27. The van der Waals surface area contributed by atoms with Crippen molar-refractivity contribution in [3.63, 3.8) is 0 Å². The molecule has 0 bridgehead atoms. The molecule has 0 aromatic rings. The van der Waals surface area contributed by atoms with Gasteiger partial charge in [-0.15, -0.1) is 0 Å². The van der Waals surface area contributed by atoms with Gasteiger partial charge in [0.2, 0.25) is 0 Å². The van der Waals surface area contributed by atoms with Crippen LogP contribution in [0.5, 0.6) is 0 Å². The largest absolute Gasteiger partial charge is 0.481 e. The molecule has 0 aliphatic heterocycles. The molecule has 0 spiro atoms. The molecule has 4 heteroatoms. The zero-order valence-corrected chi connectivity index (χ0v) is 14.4. The van der Waals surface area contributed by atoms with Crippen LogP contribution in [0.4, 0.5) is 0 Å². The standard InChI is InChI=1S/C19H30O4/c1-3-4-11-15-18(2,16(20)21)12-8-13-19(15,17(22)23)14-9-6-5-7-10-14/h8,13-15H,3-7,9-12H2,1-2H3,(H,20,21)(H,22,23). The lowest BCUT2D eigenvalue weighted by atomic mass is 9.51. The van der Waals surface area contributed by atoms with Gasteiger partial charge in [0, 0.05) is 0 Å². The number of unbranched alkanes of at least 4 members (excludes halogenated alkanes) is 1. The Bertz CT molecular complexity index is 478. The quantitative estimate of drug-likeness (QED) is 0.706. The van der Waals surface area contributed by atoms with Crippen molar-refractivity contribution < 1.29 is 19.8 Å². The summed E-state index contributed by atoms with van der Waals surface area (Å²) in [5.74, 6) is -1.96. The second-order valence-corrected chi connectivity index (χ2v) is 7.60. The summed E-state index contributed by atoms with van der Waals surface area (Å²) in [4.78, 5) is 24.4. The van der Waals surface area contributed by atoms with E-state index >= 15 is 0 Å². The third kappa shape index (κ3) is 3.05. The molecular formula is C19H30O4. The first-order valence-electron chi connectivity index (χ1n) is 9.04. The van der Waals surface area contributed by atoms with Crippen LogP contribution < -0.4 is 0 Å². The summed E-state index contributed by atoms with van der Waals surface area (Å²) in [5.41, 5.74) is -2.00. The van der Waals surface area contributed by atoms with Crippen molar-refractivity contribution in [3.05, 3.63) is 12.2 Å². The van der Waals surface area contributed by atoms with Crippen molar-refractivity contribution in [1.82, 2.24) is 0 Å². The number of carbonyl (C=O) groups is 2. The number of rotatable bonds is 6. The molecule has 0 heterocycles. The van der Waals surface area contributed by atoms with Gasteiger partial charge in [0.25, 0.3) is 0 Å². The maximum Gasteiger partial charge on any atom is 0.314 e. The van der Waals surface area contributed by atoms with Crippen LogP contribution in [0.15, 0.2) is 12.2 Å². The predicted molar refractivity (Wildman–Crippen MR) is 89.2 cm³/mol. The van der Waals surface area contributed by atoms with Gasteiger partial charge < -0.3 is 10.2 Å². The fourth-order valence-corrected chi connectivity index (χ4v) is 4.88. The maximum absolute atomic E-state index is 12.4. The normalized spacial score (nSPS) is 35.1. The molecule has 0 radical (unpaired) electrons. The van der Waals surface area contributed by atoms with E-state index in [2.05, 4.69) is 6.92 Å². The summed E-state index contributed by atoms with van der Waals surface area (Å²) < 4.78 is 0. The highest BCUT2D eigenvalue weighted by Gasteiger charge is 2.59. The molecule has 130 valence electrons. The Labute approximate surface area is 139 Å². The minimum absolute atomic E-state index is 0.0610. The molecule has 0 saturated heterocycles. The first-order chi connectivity index (χ1) is 10.9. The van der Waals surface area contributed by atoms with Crippen molar-refractivity contribution in [2.24, 2.45) is 22.7 Å². The summed E-state index contributed by atoms with van der Waals surface area (Å²) in [5, 5.41) is 20.0. The molecule has 2 rings (SSSR count). The second kappa shape index (κ2) is 7.06. The van der Waals surface area contributed by atoms with Crippen molar-refractivity contribution >= 4 is 11.9 Å². The number of hydrogen-bond acceptors (Lipinski definition) is 2. The predicted octanol–water partition coefficient (Wildman–Crippen LogP) is 4.49. The van der Waals surface area contributed by atoms with E-state index in [1.165, 1.54) is 0 Å². The molecule has 2 aliphatic rings. The lowest BCUT2D eigenvalue weighted by Gasteiger charge is -2.51. The minimum Gasteiger partial charge on any atom is -0.481 e. The summed E-state index contributed by atoms with van der Waals surface area (Å²) in [7, 11) is 0. The van der Waals surface area contributed by atoms with Gasteiger partial charge in [0.1, 0.15) is 0 Å². The first kappa shape index (κ1) is 18.0. The Morgan fingerprint density at radius 1 is 1.13 bits per heavy atom. The van der Waals surface area contributed by atoms with E-state index in [-0.39, 0.29) is 11.8 Å². The van der Waals surface area contributed by atoms with Gasteiger partial charge in [0.05, 0.1) is 10.8 Å². The third-order valence-electron chi connectivity index (χ3n) is 6.27. The SMILES string of the molecule is CCCCC1C(C)(C(=O)O)CC=CC1(C(=O)O)C1CCCCC1. The summed E-state index contributed by atoms with van der Waals surface area (Å²) in [6.07, 6.45) is 11.7. The topological polar surface area (TPSA) is 74.6 Å². The van der Waals surface area contributed by atoms with E-state index in [1.807, 2.05) is 12.2 Å². The smallest absolute Gasteiger partial charge is 0.314 e. The van der Waals surface area contributed by atoms with Crippen molar-refractivity contribution in [2.75, 3.05) is 0 Å². The van der Waals surface area contributed by atoms with Crippen molar-refractivity contribution in [3.8, 4) is 0 Å². The average molecular weight is 322 g/mol. The van der Waals surface area contributed by atoms with Gasteiger partial charge in [0.15, 0.2) is 0 Å². The van der Waals surface area contributed by atoms with Crippen LogP contribution in [-0.4, -0.2) is 22.2 Å². The minimum atomic E-state index is -1.01. The van der Waals surface area contributed by atoms with Crippen LogP contribution in [0.2, 0.25) is 0 Å². The van der Waals surface area contributed by atoms with Crippen LogP contribution in [0.1, 0.15) is 71.6 Å². The van der Waals surface area contributed by atoms with Gasteiger partial charge in [-0.25, -0.2) is 0 Å². The number of carboxylic acid groups (broad SMARTS) is 2. The Balaban J connectivity index is 2.50. The molecule has 3 atom stereocenters. The summed E-state index contributed by atoms with van der Waals surface area (Å²) in [6.45, 7) is 3.82. The lowest BCUT2D eigenvalue weighted by molar-refractivity contribution is -0.168. The number of hydrogen-bond donors (Lipinski definition) is 2. The summed E-state index contributed by atoms with van der Waals surface area (Å²) >= 11 is 0. The maximum atomic E-state index is 12.4. The molecule has 23 heavy (non-hydrogen) atoms. The Morgan fingerprint density at radius 3 is 2.30 bits per heavy atom. The second-order valence-electron chi connectivity index (χ2n) is 7.60. The van der Waals surface area contributed by atoms with Gasteiger partial charge in [-0.2, -0.15) is 0 Å². The molecule has 2 N–H and O–H groups in total. The molecule has 3 unspecified atom stereocenters. The highest BCUT2D eigenvalue weighted by Crippen LogP contribution is 2.57. The van der Waals surface area contributed by atoms with Crippen LogP contribution >= 0.6 is 0 Å². The van der Waals surface area contributed by atoms with E-state index < -0.39 is 22.8 Å². The molecule has 1 fully saturated rings. The van der Waals surface area contributed by atoms with E-state index in [1.54, 1.807) is 6.92 Å². The molecule has 4 nitrogen and oxygen atoms in total. The molecular weight excluding hydrogens is 292 g/mol. The zero-order valence-electron chi connectivity index (χ0n) is 14.4. The van der Waals surface area contributed by atoms with E-state index in [0.29, 0.717) is 12.8 Å². The number of allylic oxidation sites excluding steroid dienone is 1. The van der Waals surface area contributed by atoms with Crippen molar-refractivity contribution in [1.29, 1.82) is 0 Å². The van der Waals surface area contributed by atoms with Crippen LogP contribution in [0, 0.1) is 22.7 Å². The van der Waals surface area contributed by atoms with Gasteiger partial charge in [-0.3, -0.25) is 9.59 Å². The fraction of sp³-hybridized carbons (Fsp3) is 0.789. The van der Waals surface area contributed by atoms with Gasteiger partial charge in [-0.05, 0) is 44.4 Å². The highest BCUT2D eigenvalue weighted by atomic mass is 16.4. The fourth-order valence-electron chi connectivity index (χ4n) is 4.88. The number of aliphatic carboxylic acids is 2. The Hall–Kier alpha value is -1.32. The molecule has 0 aromatic heterocycles. The monoisotopic (exact) mass is 322 g/mol. The number of carboxylic acids is 2. The molecule has 0 amide bonds.